The molecule has 32 heavy (non-hydrogen) atoms. The Hall–Kier alpha value is -2.40. The summed E-state index contributed by atoms with van der Waals surface area (Å²) >= 11 is 3.02. The minimum atomic E-state index is -3.56. The van der Waals surface area contributed by atoms with E-state index in [0.29, 0.717) is 17.2 Å². The Labute approximate surface area is 194 Å². The molecule has 3 heterocycles. The predicted octanol–water partition coefficient (Wildman–Crippen LogP) is 5.03. The third-order valence-electron chi connectivity index (χ3n) is 5.71. The second-order valence-electron chi connectivity index (χ2n) is 7.95. The number of piperidine rings is 1. The molecule has 0 bridgehead atoms. The molecule has 0 spiro atoms. The van der Waals surface area contributed by atoms with Crippen molar-refractivity contribution < 1.29 is 13.2 Å². The van der Waals surface area contributed by atoms with Crippen LogP contribution in [0.4, 0.5) is 5.13 Å². The molecule has 10 heteroatoms. The van der Waals surface area contributed by atoms with Crippen molar-refractivity contribution in [2.24, 2.45) is 0 Å². The summed E-state index contributed by atoms with van der Waals surface area (Å²) in [5.74, 6) is -0.329. The normalized spacial score (nSPS) is 17.8. The van der Waals surface area contributed by atoms with Crippen LogP contribution in [0.1, 0.15) is 41.6 Å². The maximum Gasteiger partial charge on any atom is 0.257 e. The maximum absolute atomic E-state index is 13.0. The highest BCUT2D eigenvalue weighted by atomic mass is 32.2. The number of hydrogen-bond acceptors (Lipinski definition) is 7. The number of hydrogen-bond donors (Lipinski definition) is 1. The summed E-state index contributed by atoms with van der Waals surface area (Å²) in [5.41, 5.74) is 2.08. The van der Waals surface area contributed by atoms with Gasteiger partial charge < -0.3 is 0 Å². The predicted molar refractivity (Wildman–Crippen MR) is 129 cm³/mol. The molecule has 2 aromatic carbocycles. The number of thiazole rings is 2. The van der Waals surface area contributed by atoms with Gasteiger partial charge in [-0.15, -0.1) is 11.3 Å². The van der Waals surface area contributed by atoms with E-state index in [1.807, 2.05) is 26.0 Å². The van der Waals surface area contributed by atoms with Crippen LogP contribution >= 0.6 is 22.7 Å². The number of amides is 1. The molecule has 0 saturated carbocycles. The lowest BCUT2D eigenvalue weighted by Crippen LogP contribution is -2.41. The molecule has 166 valence electrons. The Morgan fingerprint density at radius 3 is 2.62 bits per heavy atom. The Balaban J connectivity index is 1.36. The molecule has 1 unspecified atom stereocenters. The Morgan fingerprint density at radius 1 is 1.09 bits per heavy atom. The number of rotatable bonds is 4. The number of carbonyl (C=O) groups excluding carboxylic acids is 1. The molecule has 1 amide bonds. The Kier molecular flexibility index (Phi) is 5.48. The summed E-state index contributed by atoms with van der Waals surface area (Å²) in [6, 6.07) is 10.0. The number of aromatic nitrogens is 2. The van der Waals surface area contributed by atoms with E-state index < -0.39 is 10.0 Å². The number of nitrogens with zero attached hydrogens (tertiary/aromatic N) is 3. The number of sulfonamides is 1. The lowest BCUT2D eigenvalue weighted by molar-refractivity contribution is 0.102. The minimum absolute atomic E-state index is 0.0104. The monoisotopic (exact) mass is 486 g/mol. The Bertz CT molecular complexity index is 1420. The van der Waals surface area contributed by atoms with Crippen molar-refractivity contribution in [3.63, 3.8) is 0 Å². The second kappa shape index (κ2) is 8.18. The molecule has 2 aromatic heterocycles. The van der Waals surface area contributed by atoms with E-state index in [-0.39, 0.29) is 16.8 Å². The highest BCUT2D eigenvalue weighted by molar-refractivity contribution is 7.89. The van der Waals surface area contributed by atoms with Gasteiger partial charge in [-0.3, -0.25) is 10.1 Å². The molecule has 0 aliphatic carbocycles. The fourth-order valence-corrected chi connectivity index (χ4v) is 7.60. The topological polar surface area (TPSA) is 92.3 Å². The molecule has 7 nitrogen and oxygen atoms in total. The minimum Gasteiger partial charge on any atom is -0.298 e. The second-order valence-corrected chi connectivity index (χ2v) is 12.1. The highest BCUT2D eigenvalue weighted by Gasteiger charge is 2.31. The van der Waals surface area contributed by atoms with Gasteiger partial charge in [0.2, 0.25) is 10.0 Å². The van der Waals surface area contributed by atoms with Gasteiger partial charge in [0.15, 0.2) is 5.13 Å². The van der Waals surface area contributed by atoms with Crippen molar-refractivity contribution in [2.45, 2.75) is 44.0 Å². The molecular formula is C22H22N4O3S3. The van der Waals surface area contributed by atoms with Gasteiger partial charge in [0.25, 0.3) is 5.91 Å². The molecule has 5 rings (SSSR count). The van der Waals surface area contributed by atoms with Gasteiger partial charge in [0.05, 0.1) is 24.8 Å². The molecule has 1 saturated heterocycles. The number of fused-ring (bicyclic) bond motifs is 3. The van der Waals surface area contributed by atoms with E-state index in [4.69, 9.17) is 0 Å². The summed E-state index contributed by atoms with van der Waals surface area (Å²) in [5, 5.41) is 4.31. The summed E-state index contributed by atoms with van der Waals surface area (Å²) in [6.45, 7) is 4.45. The standard InChI is InChI=1S/C22H22N4O3S3/c1-13-5-3-4-12-26(13)32(28,29)16-8-6-15(7-9-16)21(27)25-22-24-17-10-11-18-19(20(17)31-22)23-14(2)30-18/h6-11,13H,3-5,12H2,1-2H3,(H,24,25,27). The smallest absolute Gasteiger partial charge is 0.257 e. The Morgan fingerprint density at radius 2 is 1.88 bits per heavy atom. The summed E-state index contributed by atoms with van der Waals surface area (Å²) in [7, 11) is -3.56. The van der Waals surface area contributed by atoms with E-state index >= 15 is 0 Å². The first-order chi connectivity index (χ1) is 15.3. The number of nitrogens with one attached hydrogen (secondary N) is 1. The zero-order valence-corrected chi connectivity index (χ0v) is 20.1. The molecule has 1 fully saturated rings. The third-order valence-corrected chi connectivity index (χ3v) is 9.66. The van der Waals surface area contributed by atoms with Crippen LogP contribution < -0.4 is 5.32 Å². The lowest BCUT2D eigenvalue weighted by atomic mass is 10.1. The first-order valence-electron chi connectivity index (χ1n) is 10.4. The quantitative estimate of drug-likeness (QED) is 0.437. The fourth-order valence-electron chi connectivity index (χ4n) is 4.05. The molecular weight excluding hydrogens is 464 g/mol. The van der Waals surface area contributed by atoms with Gasteiger partial charge >= 0.3 is 0 Å². The first kappa shape index (κ1) is 21.4. The average molecular weight is 487 g/mol. The van der Waals surface area contributed by atoms with Crippen molar-refractivity contribution in [3.8, 4) is 0 Å². The van der Waals surface area contributed by atoms with E-state index in [1.165, 1.54) is 23.5 Å². The van der Waals surface area contributed by atoms with Crippen molar-refractivity contribution in [1.29, 1.82) is 0 Å². The van der Waals surface area contributed by atoms with Crippen molar-refractivity contribution in [3.05, 3.63) is 47.0 Å². The zero-order chi connectivity index (χ0) is 22.5. The highest BCUT2D eigenvalue weighted by Crippen LogP contribution is 2.35. The van der Waals surface area contributed by atoms with Gasteiger partial charge in [0, 0.05) is 18.2 Å². The van der Waals surface area contributed by atoms with Gasteiger partial charge in [0.1, 0.15) is 5.52 Å². The van der Waals surface area contributed by atoms with Gasteiger partial charge in [-0.05, 0) is 63.1 Å². The van der Waals surface area contributed by atoms with Crippen LogP contribution in [0.25, 0.3) is 20.4 Å². The maximum atomic E-state index is 13.0. The molecule has 1 N–H and O–H groups in total. The molecule has 4 aromatic rings. The molecule has 0 radical (unpaired) electrons. The van der Waals surface area contributed by atoms with Crippen molar-refractivity contribution in [2.75, 3.05) is 11.9 Å². The summed E-state index contributed by atoms with van der Waals surface area (Å²) < 4.78 is 29.6. The van der Waals surface area contributed by atoms with Crippen LogP contribution in [-0.4, -0.2) is 41.2 Å². The van der Waals surface area contributed by atoms with Crippen LogP contribution in [-0.2, 0) is 10.0 Å². The third kappa shape index (κ3) is 3.81. The van der Waals surface area contributed by atoms with Crippen LogP contribution in [0.3, 0.4) is 0 Å². The van der Waals surface area contributed by atoms with E-state index in [9.17, 15) is 13.2 Å². The van der Waals surface area contributed by atoms with Crippen LogP contribution in [0, 0.1) is 6.92 Å². The van der Waals surface area contributed by atoms with Gasteiger partial charge in [-0.1, -0.05) is 17.8 Å². The van der Waals surface area contributed by atoms with Crippen molar-refractivity contribution >= 4 is 64.2 Å². The number of benzene rings is 2. The number of carbonyl (C=O) groups is 1. The zero-order valence-electron chi connectivity index (χ0n) is 17.7. The van der Waals surface area contributed by atoms with Gasteiger partial charge in [-0.2, -0.15) is 4.31 Å². The first-order valence-corrected chi connectivity index (χ1v) is 13.5. The lowest BCUT2D eigenvalue weighted by Gasteiger charge is -2.32. The number of aryl methyl sites for hydroxylation is 1. The molecule has 1 aliphatic rings. The summed E-state index contributed by atoms with van der Waals surface area (Å²) in [6.07, 6.45) is 2.79. The van der Waals surface area contributed by atoms with E-state index in [0.717, 1.165) is 44.7 Å². The number of anilines is 1. The SMILES string of the molecule is Cc1nc2c(ccc3nc(NC(=O)c4ccc(S(=O)(=O)N5CCCCC5C)cc4)sc32)s1. The van der Waals surface area contributed by atoms with Gasteiger partial charge in [-0.25, -0.2) is 18.4 Å². The molecule has 1 atom stereocenters. The van der Waals surface area contributed by atoms with Crippen LogP contribution in [0.15, 0.2) is 41.3 Å². The summed E-state index contributed by atoms with van der Waals surface area (Å²) in [4.78, 5) is 22.1. The average Bonchev–Trinajstić information content (AvgIpc) is 3.36. The largest absolute Gasteiger partial charge is 0.298 e. The van der Waals surface area contributed by atoms with Crippen LogP contribution in [0.2, 0.25) is 0 Å². The van der Waals surface area contributed by atoms with E-state index in [1.54, 1.807) is 27.8 Å². The fraction of sp³-hybridized carbons (Fsp3) is 0.318. The molecule has 1 aliphatic heterocycles. The van der Waals surface area contributed by atoms with E-state index in [2.05, 4.69) is 15.3 Å². The van der Waals surface area contributed by atoms with Crippen molar-refractivity contribution in [1.82, 2.24) is 14.3 Å². The van der Waals surface area contributed by atoms with Crippen LogP contribution in [0.5, 0.6) is 0 Å².